The fourth-order valence-electron chi connectivity index (χ4n) is 1.17. The summed E-state index contributed by atoms with van der Waals surface area (Å²) in [6.45, 7) is 0. The van der Waals surface area contributed by atoms with E-state index in [0.29, 0.717) is 0 Å². The second-order valence-corrected chi connectivity index (χ2v) is 6.08. The molecule has 0 spiro atoms. The Balaban J connectivity index is 0.000000364. The molecule has 0 N–H and O–H groups in total. The maximum absolute atomic E-state index is 10.2. The normalized spacial score (nSPS) is 8.86. The molecule has 21 heavy (non-hydrogen) atoms. The summed E-state index contributed by atoms with van der Waals surface area (Å²) in [5, 5.41) is 20.4. The number of carbonyl (C=O) groups excluding carboxylic acids is 2. The first-order chi connectivity index (χ1) is 9.40. The Morgan fingerprint density at radius 1 is 0.667 bits per heavy atom. The molecule has 2 aromatic carbocycles. The minimum absolute atomic E-state index is 0. The molecular formula is C14H8I2O4Zn. The average molecular weight is 559 g/mol. The van der Waals surface area contributed by atoms with Crippen LogP contribution < -0.4 is 10.2 Å². The summed E-state index contributed by atoms with van der Waals surface area (Å²) >= 11 is 4.21. The number of carboxylic acid groups (broad SMARTS) is 2. The molecule has 0 aromatic heterocycles. The summed E-state index contributed by atoms with van der Waals surface area (Å²) < 4.78 is 2.03. The minimum Gasteiger partial charge on any atom is -0.545 e. The van der Waals surface area contributed by atoms with E-state index in [9.17, 15) is 19.8 Å². The van der Waals surface area contributed by atoms with Crippen LogP contribution in [0, 0.1) is 7.14 Å². The van der Waals surface area contributed by atoms with Gasteiger partial charge in [-0.1, -0.05) is 24.3 Å². The molecule has 0 saturated heterocycles. The number of carbonyl (C=O) groups is 2. The predicted molar refractivity (Wildman–Crippen MR) is 87.0 cm³/mol. The van der Waals surface area contributed by atoms with Crippen molar-refractivity contribution in [2.75, 3.05) is 0 Å². The van der Waals surface area contributed by atoms with E-state index in [-0.39, 0.29) is 30.6 Å². The van der Waals surface area contributed by atoms with Crippen molar-refractivity contribution < 1.29 is 39.3 Å². The van der Waals surface area contributed by atoms with Crippen LogP contribution in [0.15, 0.2) is 48.5 Å². The first-order valence-corrected chi connectivity index (χ1v) is 7.49. The van der Waals surface area contributed by atoms with Crippen LogP contribution in [-0.2, 0) is 19.5 Å². The third-order valence-corrected chi connectivity index (χ3v) is 3.60. The number of hydrogen-bond acceptors (Lipinski definition) is 4. The van der Waals surface area contributed by atoms with Crippen molar-refractivity contribution in [3.63, 3.8) is 0 Å². The first-order valence-electron chi connectivity index (χ1n) is 5.34. The Labute approximate surface area is 162 Å². The standard InChI is InChI=1S/2C7H5IO2.Zn/c2*8-6-3-1-5(2-4-6)7(9)10;/h2*1-4H,(H,9,10);/q;;+2/p-2. The molecule has 0 heterocycles. The van der Waals surface area contributed by atoms with Gasteiger partial charge in [0.2, 0.25) is 0 Å². The first kappa shape index (κ1) is 20.5. The van der Waals surface area contributed by atoms with E-state index in [0.717, 1.165) is 7.14 Å². The van der Waals surface area contributed by atoms with Gasteiger partial charge in [-0.2, -0.15) is 0 Å². The van der Waals surface area contributed by atoms with Crippen LogP contribution in [-0.4, -0.2) is 11.9 Å². The van der Waals surface area contributed by atoms with E-state index in [1.54, 1.807) is 24.3 Å². The molecule has 0 aliphatic heterocycles. The Morgan fingerprint density at radius 2 is 0.905 bits per heavy atom. The van der Waals surface area contributed by atoms with E-state index in [4.69, 9.17) is 0 Å². The summed E-state index contributed by atoms with van der Waals surface area (Å²) in [7, 11) is 0. The summed E-state index contributed by atoms with van der Waals surface area (Å²) in [4.78, 5) is 20.4. The van der Waals surface area contributed by atoms with Gasteiger partial charge < -0.3 is 19.8 Å². The molecule has 7 heteroatoms. The van der Waals surface area contributed by atoms with Crippen LogP contribution in [0.2, 0.25) is 0 Å². The van der Waals surface area contributed by atoms with Gasteiger partial charge in [0.05, 0.1) is 11.9 Å². The molecular weight excluding hydrogens is 551 g/mol. The quantitative estimate of drug-likeness (QED) is 0.411. The van der Waals surface area contributed by atoms with Crippen LogP contribution in [0.3, 0.4) is 0 Å². The third kappa shape index (κ3) is 7.87. The van der Waals surface area contributed by atoms with E-state index in [2.05, 4.69) is 45.2 Å². The van der Waals surface area contributed by atoms with Gasteiger partial charge >= 0.3 is 19.5 Å². The van der Waals surface area contributed by atoms with Crippen LogP contribution in [0.5, 0.6) is 0 Å². The Kier molecular flexibility index (Phi) is 9.97. The van der Waals surface area contributed by atoms with Crippen molar-refractivity contribution in [1.29, 1.82) is 0 Å². The van der Waals surface area contributed by atoms with Crippen molar-refractivity contribution >= 4 is 57.1 Å². The van der Waals surface area contributed by atoms with Gasteiger partial charge in [-0.05, 0) is 80.6 Å². The van der Waals surface area contributed by atoms with E-state index in [1.807, 2.05) is 0 Å². The zero-order valence-corrected chi connectivity index (χ0v) is 18.0. The molecule has 0 unspecified atom stereocenters. The molecule has 0 aliphatic rings. The predicted octanol–water partition coefficient (Wildman–Crippen LogP) is 1.31. The van der Waals surface area contributed by atoms with Crippen LogP contribution in [0.1, 0.15) is 20.7 Å². The zero-order valence-electron chi connectivity index (χ0n) is 10.7. The number of benzene rings is 2. The van der Waals surface area contributed by atoms with Crippen molar-refractivity contribution in [3.05, 3.63) is 66.8 Å². The van der Waals surface area contributed by atoms with Crippen LogP contribution >= 0.6 is 45.2 Å². The Hall–Kier alpha value is -0.537. The molecule has 2 rings (SSSR count). The van der Waals surface area contributed by atoms with Crippen LogP contribution in [0.25, 0.3) is 0 Å². The molecule has 0 radical (unpaired) electrons. The molecule has 0 amide bonds. The molecule has 0 bridgehead atoms. The number of rotatable bonds is 2. The number of hydrogen-bond donors (Lipinski definition) is 0. The van der Waals surface area contributed by atoms with Gasteiger partial charge in [0.25, 0.3) is 0 Å². The Morgan fingerprint density at radius 3 is 1.10 bits per heavy atom. The monoisotopic (exact) mass is 558 g/mol. The summed E-state index contributed by atoms with van der Waals surface area (Å²) in [5.74, 6) is -2.26. The summed E-state index contributed by atoms with van der Waals surface area (Å²) in [6, 6.07) is 13.0. The second kappa shape index (κ2) is 10.2. The Bertz CT molecular complexity index is 542. The topological polar surface area (TPSA) is 80.3 Å². The van der Waals surface area contributed by atoms with Gasteiger partial charge in [-0.3, -0.25) is 0 Å². The second-order valence-electron chi connectivity index (χ2n) is 3.59. The molecule has 2 aromatic rings. The van der Waals surface area contributed by atoms with Crippen molar-refractivity contribution in [2.45, 2.75) is 0 Å². The van der Waals surface area contributed by atoms with E-state index >= 15 is 0 Å². The smallest absolute Gasteiger partial charge is 0.545 e. The van der Waals surface area contributed by atoms with Gasteiger partial charge in [0.15, 0.2) is 0 Å². The van der Waals surface area contributed by atoms with Crippen molar-refractivity contribution in [2.24, 2.45) is 0 Å². The maximum Gasteiger partial charge on any atom is 2.00 e. The fourth-order valence-corrected chi connectivity index (χ4v) is 1.89. The van der Waals surface area contributed by atoms with E-state index < -0.39 is 11.9 Å². The number of aromatic carboxylic acids is 2. The maximum atomic E-state index is 10.2. The number of carboxylic acids is 2. The molecule has 4 nitrogen and oxygen atoms in total. The van der Waals surface area contributed by atoms with E-state index in [1.165, 1.54) is 24.3 Å². The van der Waals surface area contributed by atoms with Crippen molar-refractivity contribution in [1.82, 2.24) is 0 Å². The minimum atomic E-state index is -1.13. The number of halogens is 2. The molecule has 104 valence electrons. The summed E-state index contributed by atoms with van der Waals surface area (Å²) in [5.41, 5.74) is 0.445. The molecule has 0 saturated carbocycles. The molecule has 0 aliphatic carbocycles. The van der Waals surface area contributed by atoms with Gasteiger partial charge in [0, 0.05) is 7.14 Å². The van der Waals surface area contributed by atoms with Gasteiger partial charge in [0.1, 0.15) is 0 Å². The summed E-state index contributed by atoms with van der Waals surface area (Å²) in [6.07, 6.45) is 0. The fraction of sp³-hybridized carbons (Fsp3) is 0. The molecule has 0 fully saturated rings. The largest absolute Gasteiger partial charge is 2.00 e. The van der Waals surface area contributed by atoms with Crippen molar-refractivity contribution in [3.8, 4) is 0 Å². The van der Waals surface area contributed by atoms with Crippen LogP contribution in [0.4, 0.5) is 0 Å². The van der Waals surface area contributed by atoms with Gasteiger partial charge in [-0.15, -0.1) is 0 Å². The average Bonchev–Trinajstić information content (AvgIpc) is 2.40. The third-order valence-electron chi connectivity index (χ3n) is 2.16. The molecule has 0 atom stereocenters. The SMILES string of the molecule is O=C([O-])c1ccc(I)cc1.O=C([O-])c1ccc(I)cc1.[Zn+2]. The van der Waals surface area contributed by atoms with Gasteiger partial charge in [-0.25, -0.2) is 0 Å². The zero-order chi connectivity index (χ0) is 15.1.